The Morgan fingerprint density at radius 2 is 2.00 bits per heavy atom. The molecule has 0 aliphatic heterocycles. The second kappa shape index (κ2) is 6.95. The first kappa shape index (κ1) is 15.1. The van der Waals surface area contributed by atoms with Gasteiger partial charge in [0.1, 0.15) is 22.3 Å². The summed E-state index contributed by atoms with van der Waals surface area (Å²) in [5.74, 6) is -0.0956. The van der Waals surface area contributed by atoms with E-state index in [1.54, 1.807) is 12.1 Å². The Bertz CT molecular complexity index is 629. The Balaban J connectivity index is 2.18. The molecule has 110 valence electrons. The number of hydrogen-bond donors (Lipinski definition) is 2. The molecule has 1 heterocycles. The second-order valence-electron chi connectivity index (χ2n) is 4.33. The number of carboxylic acid groups (broad SMARTS) is 1. The van der Waals surface area contributed by atoms with Crippen molar-refractivity contribution in [3.8, 4) is 5.75 Å². The molecule has 6 heteroatoms. The summed E-state index contributed by atoms with van der Waals surface area (Å²) in [4.78, 5) is 15.2. The molecule has 0 spiro atoms. The third-order valence-corrected chi connectivity index (χ3v) is 2.89. The van der Waals surface area contributed by atoms with Crippen LogP contribution < -0.4 is 10.1 Å². The summed E-state index contributed by atoms with van der Waals surface area (Å²) in [6, 6.07) is 10.1. The van der Waals surface area contributed by atoms with Crippen LogP contribution >= 0.6 is 11.6 Å². The minimum absolute atomic E-state index is 0.0608. The van der Waals surface area contributed by atoms with Crippen LogP contribution in [0, 0.1) is 0 Å². The zero-order valence-electron chi connectivity index (χ0n) is 11.5. The molecule has 21 heavy (non-hydrogen) atoms. The van der Waals surface area contributed by atoms with E-state index in [-0.39, 0.29) is 16.5 Å². The van der Waals surface area contributed by atoms with Crippen molar-refractivity contribution in [1.29, 1.82) is 0 Å². The highest BCUT2D eigenvalue weighted by atomic mass is 35.5. The number of hydrogen-bond acceptors (Lipinski definition) is 4. The first-order chi connectivity index (χ1) is 10.1. The molecule has 0 saturated heterocycles. The van der Waals surface area contributed by atoms with Crippen molar-refractivity contribution in [3.63, 3.8) is 0 Å². The summed E-state index contributed by atoms with van der Waals surface area (Å²) in [5.41, 5.74) is 0.766. The molecular formula is C15H15ClN2O3. The highest BCUT2D eigenvalue weighted by Gasteiger charge is 2.12. The van der Waals surface area contributed by atoms with Crippen LogP contribution in [0.4, 0.5) is 11.5 Å². The van der Waals surface area contributed by atoms with Gasteiger partial charge in [-0.25, -0.2) is 9.78 Å². The summed E-state index contributed by atoms with van der Waals surface area (Å²) < 4.78 is 5.48. The minimum atomic E-state index is -1.07. The van der Waals surface area contributed by atoms with Gasteiger partial charge < -0.3 is 15.2 Å². The normalized spacial score (nSPS) is 10.2. The Morgan fingerprint density at radius 1 is 1.29 bits per heavy atom. The largest absolute Gasteiger partial charge is 0.494 e. The summed E-state index contributed by atoms with van der Waals surface area (Å²) in [6.45, 7) is 2.69. The molecule has 1 aromatic heterocycles. The number of ether oxygens (including phenoxy) is 1. The standard InChI is InChI=1S/C15H15ClN2O3/c1-2-9-21-11-5-3-10(4-6-11)17-14-12(15(19)20)7-8-13(16)18-14/h3-8H,2,9H2,1H3,(H,17,18)(H,19,20). The van der Waals surface area contributed by atoms with Crippen molar-refractivity contribution >= 4 is 29.1 Å². The van der Waals surface area contributed by atoms with Crippen LogP contribution in [0.1, 0.15) is 23.7 Å². The van der Waals surface area contributed by atoms with Crippen molar-refractivity contribution in [2.75, 3.05) is 11.9 Å². The highest BCUT2D eigenvalue weighted by molar-refractivity contribution is 6.29. The molecule has 0 amide bonds. The fraction of sp³-hybridized carbons (Fsp3) is 0.200. The van der Waals surface area contributed by atoms with E-state index in [0.29, 0.717) is 12.3 Å². The quantitative estimate of drug-likeness (QED) is 0.790. The second-order valence-corrected chi connectivity index (χ2v) is 4.72. The first-order valence-electron chi connectivity index (χ1n) is 6.50. The van der Waals surface area contributed by atoms with Gasteiger partial charge in [-0.1, -0.05) is 18.5 Å². The minimum Gasteiger partial charge on any atom is -0.494 e. The average Bonchev–Trinajstić information content (AvgIpc) is 2.46. The van der Waals surface area contributed by atoms with Crippen LogP contribution in [0.25, 0.3) is 0 Å². The fourth-order valence-electron chi connectivity index (χ4n) is 1.69. The van der Waals surface area contributed by atoms with E-state index in [1.165, 1.54) is 12.1 Å². The average molecular weight is 307 g/mol. The van der Waals surface area contributed by atoms with Gasteiger partial charge in [-0.2, -0.15) is 0 Å². The van der Waals surface area contributed by atoms with E-state index in [9.17, 15) is 4.79 Å². The van der Waals surface area contributed by atoms with Crippen LogP contribution in [0.15, 0.2) is 36.4 Å². The Morgan fingerprint density at radius 3 is 2.62 bits per heavy atom. The van der Waals surface area contributed by atoms with Gasteiger partial charge in [0.05, 0.1) is 6.61 Å². The smallest absolute Gasteiger partial charge is 0.339 e. The number of nitrogens with zero attached hydrogens (tertiary/aromatic N) is 1. The fourth-order valence-corrected chi connectivity index (χ4v) is 1.84. The van der Waals surface area contributed by atoms with E-state index in [1.807, 2.05) is 19.1 Å². The molecule has 2 aromatic rings. The van der Waals surface area contributed by atoms with Crippen molar-refractivity contribution < 1.29 is 14.6 Å². The van der Waals surface area contributed by atoms with Crippen LogP contribution in [0.3, 0.4) is 0 Å². The molecule has 0 aliphatic carbocycles. The highest BCUT2D eigenvalue weighted by Crippen LogP contribution is 2.23. The number of anilines is 2. The number of carboxylic acids is 1. The van der Waals surface area contributed by atoms with E-state index in [4.69, 9.17) is 21.4 Å². The van der Waals surface area contributed by atoms with Gasteiger partial charge in [0.2, 0.25) is 0 Å². The van der Waals surface area contributed by atoms with E-state index in [0.717, 1.165) is 12.2 Å². The number of aromatic carboxylic acids is 1. The molecule has 0 bridgehead atoms. The van der Waals surface area contributed by atoms with Crippen LogP contribution in [-0.4, -0.2) is 22.7 Å². The Kier molecular flexibility index (Phi) is 5.00. The van der Waals surface area contributed by atoms with Crippen LogP contribution in [-0.2, 0) is 0 Å². The van der Waals surface area contributed by atoms with Gasteiger partial charge in [0.25, 0.3) is 0 Å². The molecule has 0 saturated carbocycles. The predicted octanol–water partition coefficient (Wildman–Crippen LogP) is 3.97. The van der Waals surface area contributed by atoms with Crippen molar-refractivity contribution in [2.45, 2.75) is 13.3 Å². The number of rotatable bonds is 6. The van der Waals surface area contributed by atoms with Gasteiger partial charge in [-0.3, -0.25) is 0 Å². The number of nitrogens with one attached hydrogen (secondary N) is 1. The maximum atomic E-state index is 11.2. The zero-order valence-corrected chi connectivity index (χ0v) is 12.2. The van der Waals surface area contributed by atoms with E-state index in [2.05, 4.69) is 10.3 Å². The monoisotopic (exact) mass is 306 g/mol. The van der Waals surface area contributed by atoms with Crippen LogP contribution in [0.5, 0.6) is 5.75 Å². The molecule has 0 atom stereocenters. The van der Waals surface area contributed by atoms with Crippen molar-refractivity contribution in [1.82, 2.24) is 4.98 Å². The number of carbonyl (C=O) groups is 1. The molecule has 0 aliphatic rings. The molecule has 5 nitrogen and oxygen atoms in total. The maximum absolute atomic E-state index is 11.2. The third kappa shape index (κ3) is 4.10. The molecular weight excluding hydrogens is 292 g/mol. The molecule has 0 fully saturated rings. The lowest BCUT2D eigenvalue weighted by molar-refractivity contribution is 0.0697. The summed E-state index contributed by atoms with van der Waals surface area (Å²) in [7, 11) is 0. The lowest BCUT2D eigenvalue weighted by Gasteiger charge is -2.10. The zero-order chi connectivity index (χ0) is 15.2. The summed E-state index contributed by atoms with van der Waals surface area (Å²) in [5, 5.41) is 12.3. The number of pyridine rings is 1. The Labute approximate surface area is 127 Å². The van der Waals surface area contributed by atoms with Crippen molar-refractivity contribution in [2.24, 2.45) is 0 Å². The predicted molar refractivity (Wildman–Crippen MR) is 81.7 cm³/mol. The molecule has 0 unspecified atom stereocenters. The number of benzene rings is 1. The van der Waals surface area contributed by atoms with E-state index < -0.39 is 5.97 Å². The van der Waals surface area contributed by atoms with Gasteiger partial charge in [0.15, 0.2) is 0 Å². The number of aromatic nitrogens is 1. The summed E-state index contributed by atoms with van der Waals surface area (Å²) in [6.07, 6.45) is 0.939. The molecule has 0 radical (unpaired) electrons. The van der Waals surface area contributed by atoms with Gasteiger partial charge >= 0.3 is 5.97 Å². The SMILES string of the molecule is CCCOc1ccc(Nc2nc(Cl)ccc2C(=O)O)cc1. The van der Waals surface area contributed by atoms with Crippen molar-refractivity contribution in [3.05, 3.63) is 47.1 Å². The topological polar surface area (TPSA) is 71.5 Å². The molecule has 2 N–H and O–H groups in total. The first-order valence-corrected chi connectivity index (χ1v) is 6.87. The van der Waals surface area contributed by atoms with Gasteiger partial charge in [-0.15, -0.1) is 0 Å². The molecule has 1 aromatic carbocycles. The molecule has 2 rings (SSSR count). The van der Waals surface area contributed by atoms with Gasteiger partial charge in [0, 0.05) is 5.69 Å². The van der Waals surface area contributed by atoms with E-state index >= 15 is 0 Å². The van der Waals surface area contributed by atoms with Crippen LogP contribution in [0.2, 0.25) is 5.15 Å². The summed E-state index contributed by atoms with van der Waals surface area (Å²) >= 11 is 5.81. The lowest BCUT2D eigenvalue weighted by Crippen LogP contribution is -2.05. The lowest BCUT2D eigenvalue weighted by atomic mass is 10.2. The number of halogens is 1. The Hall–Kier alpha value is -2.27. The third-order valence-electron chi connectivity index (χ3n) is 2.68. The van der Waals surface area contributed by atoms with Gasteiger partial charge in [-0.05, 0) is 42.8 Å². The maximum Gasteiger partial charge on any atom is 0.339 e.